The lowest BCUT2D eigenvalue weighted by Gasteiger charge is -2.17. The van der Waals surface area contributed by atoms with Crippen molar-refractivity contribution in [2.75, 3.05) is 11.9 Å². The molecule has 0 aromatic heterocycles. The van der Waals surface area contributed by atoms with Crippen molar-refractivity contribution in [3.8, 4) is 11.5 Å². The Morgan fingerprint density at radius 3 is 2.46 bits per heavy atom. The predicted molar refractivity (Wildman–Crippen MR) is 105 cm³/mol. The first-order chi connectivity index (χ1) is 12.4. The SMILES string of the molecule is CC(C)COc1ccccc1NC(=O)NC(C)CCc1ccc(O)cc1. The van der Waals surface area contributed by atoms with Crippen LogP contribution in [0.15, 0.2) is 48.5 Å². The molecule has 3 N–H and O–H groups in total. The third kappa shape index (κ3) is 6.67. The van der Waals surface area contributed by atoms with E-state index in [4.69, 9.17) is 4.74 Å². The molecule has 5 heteroatoms. The molecule has 1 unspecified atom stereocenters. The second kappa shape index (κ2) is 9.70. The number of ether oxygens (including phenoxy) is 1. The molecular weight excluding hydrogens is 328 g/mol. The summed E-state index contributed by atoms with van der Waals surface area (Å²) < 4.78 is 5.76. The number of rotatable bonds is 8. The molecule has 0 fully saturated rings. The Morgan fingerprint density at radius 1 is 1.08 bits per heavy atom. The number of urea groups is 1. The molecule has 0 saturated heterocycles. The molecule has 2 amide bonds. The number of para-hydroxylation sites is 2. The Hall–Kier alpha value is -2.69. The summed E-state index contributed by atoms with van der Waals surface area (Å²) in [6, 6.07) is 14.3. The van der Waals surface area contributed by atoms with Gasteiger partial charge in [0.1, 0.15) is 11.5 Å². The van der Waals surface area contributed by atoms with E-state index in [1.807, 2.05) is 43.3 Å². The molecule has 0 heterocycles. The van der Waals surface area contributed by atoms with Crippen molar-refractivity contribution in [1.29, 1.82) is 0 Å². The zero-order valence-electron chi connectivity index (χ0n) is 15.7. The van der Waals surface area contributed by atoms with Crippen molar-refractivity contribution in [2.24, 2.45) is 5.92 Å². The van der Waals surface area contributed by atoms with Gasteiger partial charge in [0.2, 0.25) is 0 Å². The topological polar surface area (TPSA) is 70.6 Å². The van der Waals surface area contributed by atoms with Crippen LogP contribution < -0.4 is 15.4 Å². The van der Waals surface area contributed by atoms with Crippen LogP contribution in [-0.2, 0) is 6.42 Å². The fraction of sp³-hybridized carbons (Fsp3) is 0.381. The Bertz CT molecular complexity index is 699. The van der Waals surface area contributed by atoms with E-state index in [1.165, 1.54) is 0 Å². The summed E-state index contributed by atoms with van der Waals surface area (Å²) in [5.41, 5.74) is 1.79. The van der Waals surface area contributed by atoms with Crippen LogP contribution in [0.1, 0.15) is 32.8 Å². The van der Waals surface area contributed by atoms with E-state index >= 15 is 0 Å². The molecule has 0 aliphatic rings. The quantitative estimate of drug-likeness (QED) is 0.649. The molecule has 0 aliphatic heterocycles. The summed E-state index contributed by atoms with van der Waals surface area (Å²) in [4.78, 5) is 12.3. The van der Waals surface area contributed by atoms with Gasteiger partial charge in [-0.3, -0.25) is 0 Å². The number of carbonyl (C=O) groups excluding carboxylic acids is 1. The highest BCUT2D eigenvalue weighted by Crippen LogP contribution is 2.24. The second-order valence-corrected chi connectivity index (χ2v) is 6.91. The lowest BCUT2D eigenvalue weighted by Crippen LogP contribution is -2.36. The first-order valence-corrected chi connectivity index (χ1v) is 9.01. The molecule has 0 saturated carbocycles. The van der Waals surface area contributed by atoms with Crippen molar-refractivity contribution in [2.45, 2.75) is 39.7 Å². The average Bonchev–Trinajstić information content (AvgIpc) is 2.60. The van der Waals surface area contributed by atoms with E-state index < -0.39 is 0 Å². The van der Waals surface area contributed by atoms with Crippen molar-refractivity contribution in [3.05, 3.63) is 54.1 Å². The molecule has 26 heavy (non-hydrogen) atoms. The molecular formula is C21H28N2O3. The fourth-order valence-electron chi connectivity index (χ4n) is 2.45. The van der Waals surface area contributed by atoms with Crippen LogP contribution in [0.2, 0.25) is 0 Å². The van der Waals surface area contributed by atoms with Crippen molar-refractivity contribution in [3.63, 3.8) is 0 Å². The number of anilines is 1. The van der Waals surface area contributed by atoms with Gasteiger partial charge < -0.3 is 20.5 Å². The molecule has 0 radical (unpaired) electrons. The van der Waals surface area contributed by atoms with Gasteiger partial charge >= 0.3 is 6.03 Å². The number of hydrogen-bond acceptors (Lipinski definition) is 3. The minimum Gasteiger partial charge on any atom is -0.508 e. The maximum Gasteiger partial charge on any atom is 0.319 e. The van der Waals surface area contributed by atoms with Gasteiger partial charge in [-0.25, -0.2) is 4.79 Å². The van der Waals surface area contributed by atoms with Gasteiger partial charge in [-0.1, -0.05) is 38.1 Å². The third-order valence-electron chi connectivity index (χ3n) is 3.89. The minimum absolute atomic E-state index is 0.0209. The lowest BCUT2D eigenvalue weighted by atomic mass is 10.1. The van der Waals surface area contributed by atoms with Crippen molar-refractivity contribution >= 4 is 11.7 Å². The Labute approximate surface area is 155 Å². The van der Waals surface area contributed by atoms with E-state index in [0.717, 1.165) is 18.4 Å². The predicted octanol–water partition coefficient (Wildman–Crippen LogP) is 4.57. The number of nitrogens with one attached hydrogen (secondary N) is 2. The van der Waals surface area contributed by atoms with Crippen LogP contribution in [0, 0.1) is 5.92 Å². The first-order valence-electron chi connectivity index (χ1n) is 9.01. The largest absolute Gasteiger partial charge is 0.508 e. The first kappa shape index (κ1) is 19.6. The third-order valence-corrected chi connectivity index (χ3v) is 3.89. The lowest BCUT2D eigenvalue weighted by molar-refractivity contribution is 0.248. The Kier molecular flexibility index (Phi) is 7.33. The number of aryl methyl sites for hydroxylation is 1. The van der Waals surface area contributed by atoms with Gasteiger partial charge in [-0.05, 0) is 55.5 Å². The molecule has 140 valence electrons. The number of carbonyl (C=O) groups is 1. The summed E-state index contributed by atoms with van der Waals surface area (Å²) in [5.74, 6) is 1.35. The van der Waals surface area contributed by atoms with Crippen LogP contribution >= 0.6 is 0 Å². The number of phenols is 1. The van der Waals surface area contributed by atoms with Gasteiger partial charge in [0.05, 0.1) is 12.3 Å². The normalized spacial score (nSPS) is 11.8. The Balaban J connectivity index is 1.83. The zero-order valence-corrected chi connectivity index (χ0v) is 15.7. The van der Waals surface area contributed by atoms with Gasteiger partial charge in [-0.2, -0.15) is 0 Å². The van der Waals surface area contributed by atoms with Crippen LogP contribution in [0.5, 0.6) is 11.5 Å². The van der Waals surface area contributed by atoms with Gasteiger partial charge in [-0.15, -0.1) is 0 Å². The fourth-order valence-corrected chi connectivity index (χ4v) is 2.45. The Morgan fingerprint density at radius 2 is 1.77 bits per heavy atom. The van der Waals surface area contributed by atoms with Gasteiger partial charge in [0.15, 0.2) is 0 Å². The standard InChI is InChI=1S/C21H28N2O3/c1-15(2)14-26-20-7-5-4-6-19(20)23-21(25)22-16(3)8-9-17-10-12-18(24)13-11-17/h4-7,10-13,15-16,24H,8-9,14H2,1-3H3,(H2,22,23,25). The van der Waals surface area contributed by atoms with Gasteiger partial charge in [0.25, 0.3) is 0 Å². The summed E-state index contributed by atoms with van der Waals surface area (Å²) >= 11 is 0. The van der Waals surface area contributed by atoms with Crippen molar-refractivity contribution < 1.29 is 14.6 Å². The molecule has 2 rings (SSSR count). The molecule has 2 aromatic rings. The van der Waals surface area contributed by atoms with Crippen LogP contribution in [0.25, 0.3) is 0 Å². The smallest absolute Gasteiger partial charge is 0.319 e. The van der Waals surface area contributed by atoms with Gasteiger partial charge in [0, 0.05) is 6.04 Å². The van der Waals surface area contributed by atoms with E-state index in [9.17, 15) is 9.90 Å². The molecule has 2 aromatic carbocycles. The van der Waals surface area contributed by atoms with Crippen LogP contribution in [0.3, 0.4) is 0 Å². The number of hydrogen-bond donors (Lipinski definition) is 3. The molecule has 5 nitrogen and oxygen atoms in total. The highest BCUT2D eigenvalue weighted by molar-refractivity contribution is 5.91. The van der Waals surface area contributed by atoms with E-state index in [-0.39, 0.29) is 17.8 Å². The highest BCUT2D eigenvalue weighted by Gasteiger charge is 2.11. The summed E-state index contributed by atoms with van der Waals surface area (Å²) in [6.07, 6.45) is 1.64. The summed E-state index contributed by atoms with van der Waals surface area (Å²) in [5, 5.41) is 15.1. The van der Waals surface area contributed by atoms with E-state index in [1.54, 1.807) is 12.1 Å². The van der Waals surface area contributed by atoms with E-state index in [2.05, 4.69) is 24.5 Å². The molecule has 0 spiro atoms. The number of phenolic OH excluding ortho intramolecular Hbond substituents is 1. The van der Waals surface area contributed by atoms with Crippen LogP contribution in [0.4, 0.5) is 10.5 Å². The maximum absolute atomic E-state index is 12.3. The molecule has 0 bridgehead atoms. The van der Waals surface area contributed by atoms with E-state index in [0.29, 0.717) is 24.0 Å². The minimum atomic E-state index is -0.246. The number of benzene rings is 2. The highest BCUT2D eigenvalue weighted by atomic mass is 16.5. The summed E-state index contributed by atoms with van der Waals surface area (Å²) in [6.45, 7) is 6.74. The molecule has 1 atom stereocenters. The monoisotopic (exact) mass is 356 g/mol. The molecule has 0 aliphatic carbocycles. The summed E-state index contributed by atoms with van der Waals surface area (Å²) in [7, 11) is 0. The number of amides is 2. The second-order valence-electron chi connectivity index (χ2n) is 6.91. The zero-order chi connectivity index (χ0) is 18.9. The number of aromatic hydroxyl groups is 1. The average molecular weight is 356 g/mol. The maximum atomic E-state index is 12.3. The van der Waals surface area contributed by atoms with Crippen molar-refractivity contribution in [1.82, 2.24) is 5.32 Å². The van der Waals surface area contributed by atoms with Crippen LogP contribution in [-0.4, -0.2) is 23.8 Å².